The van der Waals surface area contributed by atoms with Crippen molar-refractivity contribution in [1.29, 1.82) is 0 Å². The number of hydrogen-bond donors (Lipinski definition) is 0. The Balaban J connectivity index is 1.39. The lowest BCUT2D eigenvalue weighted by Crippen LogP contribution is -2.57. The van der Waals surface area contributed by atoms with Gasteiger partial charge in [0.1, 0.15) is 6.04 Å². The fourth-order valence-electron chi connectivity index (χ4n) is 7.28. The molecule has 1 fully saturated rings. The second-order valence-electron chi connectivity index (χ2n) is 11.4. The van der Waals surface area contributed by atoms with Crippen molar-refractivity contribution in [2.75, 3.05) is 5.88 Å². The molecular formula is C35H24Cl4N2O4. The molecule has 10 heteroatoms. The fraction of sp³-hybridized carbons (Fsp3) is 0.200. The van der Waals surface area contributed by atoms with Gasteiger partial charge in [0.05, 0.1) is 21.9 Å². The molecule has 45 heavy (non-hydrogen) atoms. The molecule has 0 spiro atoms. The first-order chi connectivity index (χ1) is 21.7. The summed E-state index contributed by atoms with van der Waals surface area (Å²) >= 11 is 24.8. The summed E-state index contributed by atoms with van der Waals surface area (Å²) in [6.07, 6.45) is -0.0320. The van der Waals surface area contributed by atoms with E-state index in [1.807, 2.05) is 48.5 Å². The van der Waals surface area contributed by atoms with Crippen molar-refractivity contribution in [3.63, 3.8) is 0 Å². The average molecular weight is 678 g/mol. The molecule has 8 rings (SSSR count). The van der Waals surface area contributed by atoms with E-state index in [-0.39, 0.29) is 33.5 Å². The molecule has 4 aromatic carbocycles. The highest BCUT2D eigenvalue weighted by Gasteiger charge is 2.63. The number of nitrogens with zero attached hydrogens (tertiary/aromatic N) is 2. The van der Waals surface area contributed by atoms with Crippen LogP contribution in [0.1, 0.15) is 61.2 Å². The van der Waals surface area contributed by atoms with Gasteiger partial charge < -0.3 is 0 Å². The number of imide groups is 1. The molecular weight excluding hydrogens is 654 g/mol. The molecule has 1 aliphatic heterocycles. The lowest BCUT2D eigenvalue weighted by molar-refractivity contribution is -0.156. The van der Waals surface area contributed by atoms with Crippen LogP contribution in [0.4, 0.5) is 0 Å². The minimum atomic E-state index is -1.29. The maximum atomic E-state index is 14.7. The van der Waals surface area contributed by atoms with E-state index in [9.17, 15) is 19.2 Å². The highest BCUT2D eigenvalue weighted by Crippen LogP contribution is 2.61. The standard InChI is InChI=1S/C35H24Cl4N2O4/c36-16-15-27(32(42)18-9-12-20(37)13-10-18)40(33(43)19-11-14-25(38)26(39)17-19)41-34(44)30-28-21-5-1-2-6-22(21)29(31(30)35(41)45)24-8-4-3-7-23(24)28/h1-14,17,27-31H,15-16H2/t27-,28?,29?,30-,31+/m1/s1. The van der Waals surface area contributed by atoms with Crippen molar-refractivity contribution >= 4 is 69.9 Å². The molecule has 1 saturated heterocycles. The number of halogens is 4. The number of benzene rings is 4. The van der Waals surface area contributed by atoms with Crippen LogP contribution in [0.25, 0.3) is 0 Å². The lowest BCUT2D eigenvalue weighted by atomic mass is 9.55. The van der Waals surface area contributed by atoms with Gasteiger partial charge >= 0.3 is 0 Å². The van der Waals surface area contributed by atoms with Crippen LogP contribution in [0.3, 0.4) is 0 Å². The van der Waals surface area contributed by atoms with Gasteiger partial charge in [-0.3, -0.25) is 19.2 Å². The minimum Gasteiger partial charge on any atom is -0.292 e. The van der Waals surface area contributed by atoms with Crippen molar-refractivity contribution in [3.8, 4) is 0 Å². The maximum Gasteiger partial charge on any atom is 0.273 e. The lowest BCUT2D eigenvalue weighted by Gasteiger charge is -2.45. The van der Waals surface area contributed by atoms with E-state index in [0.717, 1.165) is 32.3 Å². The van der Waals surface area contributed by atoms with Gasteiger partial charge in [-0.2, -0.15) is 5.01 Å². The molecule has 2 bridgehead atoms. The number of Topliss-reactive ketones (excluding diaryl/α,β-unsaturated/α-hetero) is 1. The molecule has 1 heterocycles. The summed E-state index contributed by atoms with van der Waals surface area (Å²) in [5.74, 6) is -4.68. The summed E-state index contributed by atoms with van der Waals surface area (Å²) in [4.78, 5) is 58.0. The molecule has 0 saturated carbocycles. The molecule has 0 unspecified atom stereocenters. The first-order valence-corrected chi connectivity index (χ1v) is 16.1. The maximum absolute atomic E-state index is 14.7. The molecule has 3 aliphatic carbocycles. The van der Waals surface area contributed by atoms with Crippen LogP contribution in [0.15, 0.2) is 91.0 Å². The molecule has 3 amide bonds. The Morgan fingerprint density at radius 3 is 1.64 bits per heavy atom. The number of rotatable bonds is 7. The largest absolute Gasteiger partial charge is 0.292 e. The van der Waals surface area contributed by atoms with Crippen molar-refractivity contribution in [2.45, 2.75) is 24.3 Å². The van der Waals surface area contributed by atoms with Gasteiger partial charge in [0.15, 0.2) is 5.78 Å². The fourth-order valence-corrected chi connectivity index (χ4v) is 7.91. The second-order valence-corrected chi connectivity index (χ2v) is 13.0. The second kappa shape index (κ2) is 11.6. The zero-order valence-corrected chi connectivity index (χ0v) is 26.5. The zero-order valence-electron chi connectivity index (χ0n) is 23.5. The molecule has 6 nitrogen and oxygen atoms in total. The van der Waals surface area contributed by atoms with Crippen LogP contribution >= 0.6 is 46.4 Å². The van der Waals surface area contributed by atoms with E-state index in [1.165, 1.54) is 30.3 Å². The topological polar surface area (TPSA) is 74.8 Å². The quantitative estimate of drug-likeness (QED) is 0.114. The van der Waals surface area contributed by atoms with E-state index in [0.29, 0.717) is 5.02 Å². The highest BCUT2D eigenvalue weighted by molar-refractivity contribution is 6.42. The van der Waals surface area contributed by atoms with Crippen molar-refractivity contribution in [3.05, 3.63) is 139 Å². The van der Waals surface area contributed by atoms with E-state index >= 15 is 0 Å². The molecule has 226 valence electrons. The van der Waals surface area contributed by atoms with E-state index in [1.54, 1.807) is 12.1 Å². The van der Waals surface area contributed by atoms with Crippen LogP contribution in [-0.2, 0) is 9.59 Å². The van der Waals surface area contributed by atoms with Gasteiger partial charge in [-0.05, 0) is 71.1 Å². The Hall–Kier alpha value is -3.68. The number of hydrazine groups is 1. The molecule has 0 radical (unpaired) electrons. The minimum absolute atomic E-state index is 0.0274. The number of hydrogen-bond acceptors (Lipinski definition) is 4. The first kappa shape index (κ1) is 30.0. The molecule has 0 N–H and O–H groups in total. The van der Waals surface area contributed by atoms with Crippen molar-refractivity contribution in [2.24, 2.45) is 11.8 Å². The molecule has 4 aromatic rings. The average Bonchev–Trinajstić information content (AvgIpc) is 3.31. The predicted molar refractivity (Wildman–Crippen MR) is 173 cm³/mol. The van der Waals surface area contributed by atoms with Gasteiger partial charge in [-0.25, -0.2) is 5.01 Å². The smallest absolute Gasteiger partial charge is 0.273 e. The van der Waals surface area contributed by atoms with Crippen LogP contribution in [0.2, 0.25) is 15.1 Å². The summed E-state index contributed by atoms with van der Waals surface area (Å²) in [6, 6.07) is 24.9. The molecule has 3 atom stereocenters. The normalized spacial score (nSPS) is 21.6. The highest BCUT2D eigenvalue weighted by atomic mass is 35.5. The first-order valence-electron chi connectivity index (χ1n) is 14.4. The SMILES string of the molecule is O=C(c1ccc(Cl)cc1)[C@@H](CCCl)N(C(=O)c1ccc(Cl)c(Cl)c1)N1C(=O)[C@@H]2C3c4ccccc4C(c4ccccc43)[C@@H]2C1=O. The Morgan fingerprint density at radius 2 is 1.18 bits per heavy atom. The Bertz CT molecular complexity index is 1780. The third-order valence-electron chi connectivity index (χ3n) is 9.12. The van der Waals surface area contributed by atoms with Gasteiger partial charge in [0, 0.05) is 33.9 Å². The van der Waals surface area contributed by atoms with E-state index in [2.05, 4.69) is 0 Å². The summed E-state index contributed by atoms with van der Waals surface area (Å²) in [5.41, 5.74) is 4.25. The van der Waals surface area contributed by atoms with Crippen LogP contribution in [0.5, 0.6) is 0 Å². The van der Waals surface area contributed by atoms with E-state index < -0.39 is 53.2 Å². The predicted octanol–water partition coefficient (Wildman–Crippen LogP) is 7.78. The number of carbonyl (C=O) groups is 4. The van der Waals surface area contributed by atoms with Crippen molar-refractivity contribution < 1.29 is 19.2 Å². The monoisotopic (exact) mass is 676 g/mol. The Kier molecular flexibility index (Phi) is 7.73. The zero-order chi connectivity index (χ0) is 31.6. The number of ketones is 1. The summed E-state index contributed by atoms with van der Waals surface area (Å²) in [7, 11) is 0. The Morgan fingerprint density at radius 1 is 0.689 bits per heavy atom. The third kappa shape index (κ3) is 4.69. The van der Waals surface area contributed by atoms with E-state index in [4.69, 9.17) is 46.4 Å². The van der Waals surface area contributed by atoms with Gasteiger partial charge in [0.25, 0.3) is 17.7 Å². The van der Waals surface area contributed by atoms with Crippen molar-refractivity contribution in [1.82, 2.24) is 10.0 Å². The van der Waals surface area contributed by atoms with Crippen LogP contribution in [0, 0.1) is 11.8 Å². The number of alkyl halides is 1. The van der Waals surface area contributed by atoms with Gasteiger partial charge in [0.2, 0.25) is 0 Å². The summed E-state index contributed by atoms with van der Waals surface area (Å²) in [6.45, 7) is 0. The summed E-state index contributed by atoms with van der Waals surface area (Å²) in [5, 5.41) is 2.66. The molecule has 0 aromatic heterocycles. The van der Waals surface area contributed by atoms with Gasteiger partial charge in [-0.15, -0.1) is 11.6 Å². The molecule has 4 aliphatic rings. The van der Waals surface area contributed by atoms with Crippen LogP contribution in [-0.4, -0.2) is 45.4 Å². The van der Waals surface area contributed by atoms with Crippen LogP contribution < -0.4 is 0 Å². The number of amides is 3. The summed E-state index contributed by atoms with van der Waals surface area (Å²) < 4.78 is 0. The Labute approximate surface area is 279 Å². The van der Waals surface area contributed by atoms with Gasteiger partial charge in [-0.1, -0.05) is 83.3 Å². The third-order valence-corrected chi connectivity index (χ3v) is 10.3. The number of carbonyl (C=O) groups excluding carboxylic acids is 4.